The number of carbonyl (C=O) groups is 1. The number of sulfonamides is 1. The van der Waals surface area contributed by atoms with Crippen molar-refractivity contribution in [2.75, 3.05) is 29.9 Å². The van der Waals surface area contributed by atoms with Gasteiger partial charge in [0, 0.05) is 30.5 Å². The molecule has 2 aliphatic rings. The first-order valence-electron chi connectivity index (χ1n) is 10.9. The van der Waals surface area contributed by atoms with Gasteiger partial charge in [0.1, 0.15) is 5.82 Å². The van der Waals surface area contributed by atoms with E-state index in [-0.39, 0.29) is 42.5 Å². The maximum absolute atomic E-state index is 12.9. The lowest BCUT2D eigenvalue weighted by Crippen LogP contribution is -2.40. The Hall–Kier alpha value is -2.50. The van der Waals surface area contributed by atoms with Gasteiger partial charge in [-0.15, -0.1) is 0 Å². The Labute approximate surface area is 194 Å². The van der Waals surface area contributed by atoms with Gasteiger partial charge < -0.3 is 5.32 Å². The third-order valence-electron chi connectivity index (χ3n) is 6.08. The summed E-state index contributed by atoms with van der Waals surface area (Å²) in [5.41, 5.74) is 1.50. The molecule has 0 aliphatic carbocycles. The monoisotopic (exact) mass is 492 g/mol. The molecule has 0 spiro atoms. The number of carbonyl (C=O) groups excluding carboxylic acids is 1. The number of aromatic nitrogens is 2. The van der Waals surface area contributed by atoms with E-state index in [0.717, 1.165) is 5.56 Å². The molecule has 2 aromatic rings. The molecule has 1 amide bonds. The summed E-state index contributed by atoms with van der Waals surface area (Å²) in [6.07, 6.45) is 2.87. The Balaban J connectivity index is 1.36. The number of hydrogen-bond acceptors (Lipinski definition) is 6. The van der Waals surface area contributed by atoms with E-state index >= 15 is 0 Å². The molecule has 0 bridgehead atoms. The highest BCUT2D eigenvalue weighted by atomic mass is 32.2. The lowest BCUT2D eigenvalue weighted by molar-refractivity contribution is -0.121. The number of rotatable bonds is 6. The average molecular weight is 493 g/mol. The van der Waals surface area contributed by atoms with Crippen molar-refractivity contribution in [1.82, 2.24) is 14.1 Å². The summed E-state index contributed by atoms with van der Waals surface area (Å²) in [4.78, 5) is 12.9. The van der Waals surface area contributed by atoms with Crippen molar-refractivity contribution in [2.24, 2.45) is 5.92 Å². The smallest absolute Gasteiger partial charge is 0.236 e. The molecule has 1 atom stereocenters. The normalized spacial score (nSPS) is 22.0. The first-order valence-corrected chi connectivity index (χ1v) is 14.3. The quantitative estimate of drug-likeness (QED) is 0.660. The highest BCUT2D eigenvalue weighted by Gasteiger charge is 2.33. The largest absolute Gasteiger partial charge is 0.311 e. The molecular weight excluding hydrogens is 464 g/mol. The van der Waals surface area contributed by atoms with Crippen LogP contribution in [0, 0.1) is 12.8 Å². The minimum atomic E-state index is -3.56. The summed E-state index contributed by atoms with van der Waals surface area (Å²) in [5.74, 6) is 0.0964. The van der Waals surface area contributed by atoms with Gasteiger partial charge in [0.2, 0.25) is 15.9 Å². The SMILES string of the molecule is Cc1cc(NC(=O)C2CCN(S(=O)(=O)/C=C/c3ccccc3)CC2)n(C2CCS(=O)(=O)C2)n1. The van der Waals surface area contributed by atoms with Gasteiger partial charge in [-0.1, -0.05) is 30.3 Å². The number of hydrogen-bond donors (Lipinski definition) is 1. The van der Waals surface area contributed by atoms with Crippen LogP contribution in [-0.4, -0.2) is 61.4 Å². The average Bonchev–Trinajstić information content (AvgIpc) is 3.34. The van der Waals surface area contributed by atoms with E-state index in [4.69, 9.17) is 0 Å². The molecule has 1 N–H and O–H groups in total. The predicted octanol–water partition coefficient (Wildman–Crippen LogP) is 2.20. The van der Waals surface area contributed by atoms with Gasteiger partial charge in [-0.05, 0) is 37.8 Å². The zero-order valence-corrected chi connectivity index (χ0v) is 20.1. The van der Waals surface area contributed by atoms with Gasteiger partial charge in [-0.25, -0.2) is 21.5 Å². The molecule has 11 heteroatoms. The van der Waals surface area contributed by atoms with E-state index in [9.17, 15) is 21.6 Å². The van der Waals surface area contributed by atoms with Crippen LogP contribution in [0.2, 0.25) is 0 Å². The summed E-state index contributed by atoms with van der Waals surface area (Å²) in [6.45, 7) is 2.32. The number of amides is 1. The zero-order valence-electron chi connectivity index (χ0n) is 18.4. The summed E-state index contributed by atoms with van der Waals surface area (Å²) in [6, 6.07) is 10.7. The number of nitrogens with one attached hydrogen (secondary N) is 1. The van der Waals surface area contributed by atoms with Gasteiger partial charge in [0.05, 0.1) is 23.2 Å². The van der Waals surface area contributed by atoms with Crippen LogP contribution >= 0.6 is 0 Å². The minimum Gasteiger partial charge on any atom is -0.311 e. The van der Waals surface area contributed by atoms with E-state index in [1.54, 1.807) is 23.7 Å². The molecule has 2 aliphatic heterocycles. The van der Waals surface area contributed by atoms with Crippen LogP contribution in [0.15, 0.2) is 41.8 Å². The van der Waals surface area contributed by atoms with Crippen molar-refractivity contribution in [3.8, 4) is 0 Å². The first-order chi connectivity index (χ1) is 15.6. The fourth-order valence-electron chi connectivity index (χ4n) is 4.27. The second-order valence-electron chi connectivity index (χ2n) is 8.59. The minimum absolute atomic E-state index is 0.0176. The van der Waals surface area contributed by atoms with Crippen molar-refractivity contribution < 1.29 is 21.6 Å². The molecular formula is C22H28N4O5S2. The number of anilines is 1. The van der Waals surface area contributed by atoms with E-state index in [1.165, 1.54) is 9.71 Å². The summed E-state index contributed by atoms with van der Waals surface area (Å²) in [7, 11) is -6.65. The molecule has 0 saturated carbocycles. The maximum atomic E-state index is 12.9. The van der Waals surface area contributed by atoms with Gasteiger partial charge in [0.15, 0.2) is 9.84 Å². The fraction of sp³-hybridized carbons (Fsp3) is 0.455. The van der Waals surface area contributed by atoms with Crippen molar-refractivity contribution in [3.63, 3.8) is 0 Å². The van der Waals surface area contributed by atoms with E-state index < -0.39 is 19.9 Å². The standard InChI is InChI=1S/C22H28N4O5S2/c1-17-15-21(26(24-17)20-10-13-32(28,29)16-20)23-22(27)19-7-11-25(12-8-19)33(30,31)14-9-18-5-3-2-4-6-18/h2-6,9,14-15,19-20H,7-8,10-13,16H2,1H3,(H,23,27)/b14-9+. The molecule has 9 nitrogen and oxygen atoms in total. The van der Waals surface area contributed by atoms with Crippen molar-refractivity contribution in [3.05, 3.63) is 53.1 Å². The fourth-order valence-corrected chi connectivity index (χ4v) is 7.19. The van der Waals surface area contributed by atoms with Crippen molar-refractivity contribution >= 4 is 37.7 Å². The van der Waals surface area contributed by atoms with Gasteiger partial charge >= 0.3 is 0 Å². The number of benzene rings is 1. The van der Waals surface area contributed by atoms with Crippen LogP contribution < -0.4 is 5.32 Å². The van der Waals surface area contributed by atoms with Crippen LogP contribution in [0.3, 0.4) is 0 Å². The molecule has 1 unspecified atom stereocenters. The third kappa shape index (κ3) is 5.71. The van der Waals surface area contributed by atoms with E-state index in [0.29, 0.717) is 30.8 Å². The van der Waals surface area contributed by atoms with Crippen molar-refractivity contribution in [2.45, 2.75) is 32.2 Å². The molecule has 0 radical (unpaired) electrons. The van der Waals surface area contributed by atoms with Gasteiger partial charge in [-0.3, -0.25) is 4.79 Å². The molecule has 2 saturated heterocycles. The molecule has 2 fully saturated rings. The lowest BCUT2D eigenvalue weighted by Gasteiger charge is -2.29. The highest BCUT2D eigenvalue weighted by Crippen LogP contribution is 2.28. The van der Waals surface area contributed by atoms with Crippen LogP contribution in [-0.2, 0) is 24.7 Å². The number of sulfone groups is 1. The highest BCUT2D eigenvalue weighted by molar-refractivity contribution is 7.92. The number of nitrogens with zero attached hydrogens (tertiary/aromatic N) is 3. The summed E-state index contributed by atoms with van der Waals surface area (Å²) >= 11 is 0. The van der Waals surface area contributed by atoms with E-state index in [2.05, 4.69) is 10.4 Å². The van der Waals surface area contributed by atoms with Gasteiger partial charge in [-0.2, -0.15) is 9.40 Å². The predicted molar refractivity (Wildman–Crippen MR) is 127 cm³/mol. The molecule has 178 valence electrons. The van der Waals surface area contributed by atoms with Crippen LogP contribution in [0.25, 0.3) is 6.08 Å². The Kier molecular flexibility index (Phi) is 6.73. The molecule has 3 heterocycles. The third-order valence-corrected chi connectivity index (χ3v) is 9.40. The summed E-state index contributed by atoms with van der Waals surface area (Å²) in [5, 5.41) is 8.49. The zero-order chi connectivity index (χ0) is 23.6. The lowest BCUT2D eigenvalue weighted by atomic mass is 9.97. The molecule has 1 aromatic carbocycles. The van der Waals surface area contributed by atoms with Crippen molar-refractivity contribution in [1.29, 1.82) is 0 Å². The first kappa shape index (κ1) is 23.7. The van der Waals surface area contributed by atoms with E-state index in [1.807, 2.05) is 30.3 Å². The second kappa shape index (κ2) is 9.40. The van der Waals surface area contributed by atoms with Crippen LogP contribution in [0.1, 0.15) is 36.6 Å². The maximum Gasteiger partial charge on any atom is 0.236 e. The Morgan fingerprint density at radius 2 is 1.85 bits per heavy atom. The Bertz CT molecular complexity index is 1240. The number of piperidine rings is 1. The number of aryl methyl sites for hydroxylation is 1. The molecule has 1 aromatic heterocycles. The van der Waals surface area contributed by atoms with Crippen LogP contribution in [0.4, 0.5) is 5.82 Å². The topological polar surface area (TPSA) is 118 Å². The molecule has 4 rings (SSSR count). The van der Waals surface area contributed by atoms with Gasteiger partial charge in [0.25, 0.3) is 0 Å². The van der Waals surface area contributed by atoms with Crippen LogP contribution in [0.5, 0.6) is 0 Å². The Morgan fingerprint density at radius 3 is 2.48 bits per heavy atom. The Morgan fingerprint density at radius 1 is 1.15 bits per heavy atom. The second-order valence-corrected chi connectivity index (χ2v) is 12.6. The summed E-state index contributed by atoms with van der Waals surface area (Å²) < 4.78 is 52.0. The molecule has 33 heavy (non-hydrogen) atoms.